The van der Waals surface area contributed by atoms with Crippen LogP contribution in [-0.4, -0.2) is 65.8 Å². The molecule has 112 valence electrons. The summed E-state index contributed by atoms with van der Waals surface area (Å²) < 4.78 is 6.22. The zero-order chi connectivity index (χ0) is 14.3. The van der Waals surface area contributed by atoms with Gasteiger partial charge in [-0.05, 0) is 41.0 Å². The predicted octanol–water partition coefficient (Wildman–Crippen LogP) is 1.30. The molecule has 2 aliphatic heterocycles. The van der Waals surface area contributed by atoms with Gasteiger partial charge < -0.3 is 10.5 Å². The Kier molecular flexibility index (Phi) is 4.26. The average Bonchev–Trinajstić information content (AvgIpc) is 2.56. The van der Waals surface area contributed by atoms with E-state index in [1.807, 2.05) is 0 Å². The average molecular weight is 269 g/mol. The molecule has 19 heavy (non-hydrogen) atoms. The highest BCUT2D eigenvalue weighted by Crippen LogP contribution is 2.40. The number of rotatable bonds is 3. The first-order chi connectivity index (χ1) is 8.75. The summed E-state index contributed by atoms with van der Waals surface area (Å²) in [6.07, 6.45) is 1.13. The SMILES string of the molecule is CC(CN)N1CCN(C2CC(C)(C)OC2(C)C)CC1. The molecule has 0 amide bonds. The smallest absolute Gasteiger partial charge is 0.0789 e. The Morgan fingerprint density at radius 2 is 1.74 bits per heavy atom. The molecular formula is C15H31N3O. The van der Waals surface area contributed by atoms with Crippen LogP contribution in [0.5, 0.6) is 0 Å². The van der Waals surface area contributed by atoms with Gasteiger partial charge in [0.05, 0.1) is 11.2 Å². The molecule has 4 nitrogen and oxygen atoms in total. The van der Waals surface area contributed by atoms with E-state index in [0.717, 1.165) is 39.1 Å². The van der Waals surface area contributed by atoms with Crippen molar-refractivity contribution < 1.29 is 4.74 Å². The molecule has 2 saturated heterocycles. The second kappa shape index (κ2) is 5.32. The van der Waals surface area contributed by atoms with E-state index in [1.54, 1.807) is 0 Å². The number of nitrogens with two attached hydrogens (primary N) is 1. The second-order valence-corrected chi connectivity index (χ2v) is 7.34. The van der Waals surface area contributed by atoms with Crippen molar-refractivity contribution in [2.75, 3.05) is 32.7 Å². The van der Waals surface area contributed by atoms with Crippen LogP contribution in [0.4, 0.5) is 0 Å². The fraction of sp³-hybridized carbons (Fsp3) is 1.00. The Bertz CT molecular complexity index is 309. The summed E-state index contributed by atoms with van der Waals surface area (Å²) in [7, 11) is 0. The van der Waals surface area contributed by atoms with Crippen molar-refractivity contribution in [3.05, 3.63) is 0 Å². The normalized spacial score (nSPS) is 33.5. The summed E-state index contributed by atoms with van der Waals surface area (Å²) >= 11 is 0. The summed E-state index contributed by atoms with van der Waals surface area (Å²) in [5, 5.41) is 0. The van der Waals surface area contributed by atoms with Crippen molar-refractivity contribution >= 4 is 0 Å². The van der Waals surface area contributed by atoms with Gasteiger partial charge in [0.15, 0.2) is 0 Å². The molecule has 0 aromatic rings. The molecule has 2 unspecified atom stereocenters. The van der Waals surface area contributed by atoms with Gasteiger partial charge in [-0.15, -0.1) is 0 Å². The summed E-state index contributed by atoms with van der Waals surface area (Å²) in [6.45, 7) is 16.4. The molecule has 0 aromatic heterocycles. The zero-order valence-electron chi connectivity index (χ0n) is 13.3. The molecule has 0 aliphatic carbocycles. The van der Waals surface area contributed by atoms with Gasteiger partial charge in [-0.2, -0.15) is 0 Å². The van der Waals surface area contributed by atoms with E-state index in [9.17, 15) is 0 Å². The molecule has 0 spiro atoms. The highest BCUT2D eigenvalue weighted by molar-refractivity contribution is 5.01. The van der Waals surface area contributed by atoms with E-state index < -0.39 is 0 Å². The van der Waals surface area contributed by atoms with E-state index in [4.69, 9.17) is 10.5 Å². The molecule has 4 heteroatoms. The maximum atomic E-state index is 6.22. The minimum Gasteiger partial charge on any atom is -0.368 e. The lowest BCUT2D eigenvalue weighted by atomic mass is 9.92. The third kappa shape index (κ3) is 3.30. The number of nitrogens with zero attached hydrogens (tertiary/aromatic N) is 2. The standard InChI is InChI=1S/C15H31N3O/c1-12(11-16)17-6-8-18(9-7-17)13-10-14(2,3)19-15(13,4)5/h12-13H,6-11,16H2,1-5H3. The molecule has 0 aromatic carbocycles. The van der Waals surface area contributed by atoms with Crippen LogP contribution in [0, 0.1) is 0 Å². The van der Waals surface area contributed by atoms with Gasteiger partial charge in [-0.25, -0.2) is 0 Å². The molecule has 2 fully saturated rings. The molecule has 2 atom stereocenters. The third-order valence-electron chi connectivity index (χ3n) is 4.78. The van der Waals surface area contributed by atoms with Gasteiger partial charge in [0.25, 0.3) is 0 Å². The van der Waals surface area contributed by atoms with Crippen molar-refractivity contribution in [3.63, 3.8) is 0 Å². The van der Waals surface area contributed by atoms with Crippen molar-refractivity contribution in [2.24, 2.45) is 5.73 Å². The highest BCUT2D eigenvalue weighted by atomic mass is 16.5. The predicted molar refractivity (Wildman–Crippen MR) is 79.3 cm³/mol. The molecular weight excluding hydrogens is 238 g/mol. The first-order valence-corrected chi connectivity index (χ1v) is 7.63. The van der Waals surface area contributed by atoms with Gasteiger partial charge in [0.1, 0.15) is 0 Å². The minimum atomic E-state index is -0.0366. The number of hydrogen-bond acceptors (Lipinski definition) is 4. The van der Waals surface area contributed by atoms with Gasteiger partial charge in [0.2, 0.25) is 0 Å². The van der Waals surface area contributed by atoms with Crippen LogP contribution >= 0.6 is 0 Å². The number of piperazine rings is 1. The summed E-state index contributed by atoms with van der Waals surface area (Å²) in [5.74, 6) is 0. The topological polar surface area (TPSA) is 41.7 Å². The first kappa shape index (κ1) is 15.2. The quantitative estimate of drug-likeness (QED) is 0.838. The Hall–Kier alpha value is -0.160. The number of ether oxygens (including phenoxy) is 1. The van der Waals surface area contributed by atoms with E-state index in [1.165, 1.54) is 0 Å². The molecule has 0 bridgehead atoms. The van der Waals surface area contributed by atoms with Gasteiger partial charge in [-0.3, -0.25) is 9.80 Å². The lowest BCUT2D eigenvalue weighted by Gasteiger charge is -2.43. The molecule has 2 aliphatic rings. The monoisotopic (exact) mass is 269 g/mol. The van der Waals surface area contributed by atoms with Gasteiger partial charge >= 0.3 is 0 Å². The van der Waals surface area contributed by atoms with Crippen molar-refractivity contribution in [3.8, 4) is 0 Å². The number of hydrogen-bond donors (Lipinski definition) is 1. The lowest BCUT2D eigenvalue weighted by Crippen LogP contribution is -2.57. The molecule has 2 rings (SSSR count). The van der Waals surface area contributed by atoms with Crippen molar-refractivity contribution in [1.29, 1.82) is 0 Å². The first-order valence-electron chi connectivity index (χ1n) is 7.63. The lowest BCUT2D eigenvalue weighted by molar-refractivity contribution is -0.0840. The maximum Gasteiger partial charge on any atom is 0.0789 e. The molecule has 2 N–H and O–H groups in total. The van der Waals surface area contributed by atoms with Crippen LogP contribution in [0.25, 0.3) is 0 Å². The summed E-state index contributed by atoms with van der Waals surface area (Å²) in [4.78, 5) is 5.12. The van der Waals surface area contributed by atoms with Crippen molar-refractivity contribution in [1.82, 2.24) is 9.80 Å². The Morgan fingerprint density at radius 1 is 1.16 bits per heavy atom. The molecule has 0 radical (unpaired) electrons. The van der Waals surface area contributed by atoms with E-state index in [2.05, 4.69) is 44.4 Å². The third-order valence-corrected chi connectivity index (χ3v) is 4.78. The van der Waals surface area contributed by atoms with Crippen LogP contribution < -0.4 is 5.73 Å². The Balaban J connectivity index is 1.95. The van der Waals surface area contributed by atoms with E-state index in [-0.39, 0.29) is 11.2 Å². The second-order valence-electron chi connectivity index (χ2n) is 7.34. The fourth-order valence-corrected chi connectivity index (χ4v) is 3.74. The highest BCUT2D eigenvalue weighted by Gasteiger charge is 2.48. The molecule has 0 saturated carbocycles. The molecule has 2 heterocycles. The van der Waals surface area contributed by atoms with Gasteiger partial charge in [0, 0.05) is 44.8 Å². The van der Waals surface area contributed by atoms with Gasteiger partial charge in [-0.1, -0.05) is 0 Å². The minimum absolute atomic E-state index is 0.00977. The van der Waals surface area contributed by atoms with Crippen LogP contribution in [0.1, 0.15) is 41.0 Å². The van der Waals surface area contributed by atoms with Crippen molar-refractivity contribution in [2.45, 2.75) is 64.3 Å². The van der Waals surface area contributed by atoms with Crippen LogP contribution in [0.15, 0.2) is 0 Å². The van der Waals surface area contributed by atoms with Crippen LogP contribution in [0.2, 0.25) is 0 Å². The van der Waals surface area contributed by atoms with Crippen LogP contribution in [0.3, 0.4) is 0 Å². The van der Waals surface area contributed by atoms with E-state index in [0.29, 0.717) is 12.1 Å². The summed E-state index contributed by atoms with van der Waals surface area (Å²) in [6, 6.07) is 1.05. The zero-order valence-corrected chi connectivity index (χ0v) is 13.3. The summed E-state index contributed by atoms with van der Waals surface area (Å²) in [5.41, 5.74) is 5.74. The Labute approximate surface area is 118 Å². The fourth-order valence-electron chi connectivity index (χ4n) is 3.74. The van der Waals surface area contributed by atoms with Crippen LogP contribution in [-0.2, 0) is 4.74 Å². The maximum absolute atomic E-state index is 6.22. The van der Waals surface area contributed by atoms with E-state index >= 15 is 0 Å². The Morgan fingerprint density at radius 3 is 2.16 bits per heavy atom. The largest absolute Gasteiger partial charge is 0.368 e.